The number of nitrogens with one attached hydrogen (secondary N) is 2. The molecule has 6 heteroatoms. The summed E-state index contributed by atoms with van der Waals surface area (Å²) in [5.74, 6) is 0.452. The van der Waals surface area contributed by atoms with Gasteiger partial charge in [-0.1, -0.05) is 18.2 Å². The summed E-state index contributed by atoms with van der Waals surface area (Å²) in [5, 5.41) is 5.68. The van der Waals surface area contributed by atoms with Crippen LogP contribution in [0.2, 0.25) is 0 Å². The first-order valence-electron chi connectivity index (χ1n) is 8.77. The van der Waals surface area contributed by atoms with Crippen LogP contribution in [0.4, 0.5) is 11.4 Å². The molecule has 2 N–H and O–H groups in total. The first-order valence-corrected chi connectivity index (χ1v) is 8.77. The summed E-state index contributed by atoms with van der Waals surface area (Å²) in [4.78, 5) is 24.4. The van der Waals surface area contributed by atoms with Gasteiger partial charge in [-0.15, -0.1) is 0 Å². The summed E-state index contributed by atoms with van der Waals surface area (Å²) in [5.41, 5.74) is 2.37. The fourth-order valence-corrected chi connectivity index (χ4v) is 3.20. The number of carbonyl (C=O) groups is 2. The molecule has 4 rings (SSSR count). The van der Waals surface area contributed by atoms with Crippen LogP contribution in [0.25, 0.3) is 0 Å². The van der Waals surface area contributed by atoms with Gasteiger partial charge in [-0.2, -0.15) is 0 Å². The van der Waals surface area contributed by atoms with Crippen molar-refractivity contribution >= 4 is 23.2 Å². The number of carbonyl (C=O) groups excluding carboxylic acids is 2. The Kier molecular flexibility index (Phi) is 4.58. The van der Waals surface area contributed by atoms with Crippen LogP contribution in [-0.2, 0) is 20.7 Å². The van der Waals surface area contributed by atoms with Crippen LogP contribution >= 0.6 is 0 Å². The van der Waals surface area contributed by atoms with Gasteiger partial charge < -0.3 is 20.1 Å². The monoisotopic (exact) mass is 352 g/mol. The van der Waals surface area contributed by atoms with Crippen LogP contribution in [0.5, 0.6) is 5.75 Å². The Hall–Kier alpha value is -2.86. The minimum absolute atomic E-state index is 0.128. The van der Waals surface area contributed by atoms with Gasteiger partial charge in [0.2, 0.25) is 0 Å². The molecular formula is C20H20N2O4. The fraction of sp³-hybridized carbons (Fsp3) is 0.300. The van der Waals surface area contributed by atoms with E-state index in [0.717, 1.165) is 24.2 Å². The number of anilines is 2. The summed E-state index contributed by atoms with van der Waals surface area (Å²) in [6, 6.07) is 14.7. The second-order valence-electron chi connectivity index (χ2n) is 6.48. The third-order valence-corrected chi connectivity index (χ3v) is 4.58. The predicted molar refractivity (Wildman–Crippen MR) is 97.2 cm³/mol. The molecule has 0 unspecified atom stereocenters. The molecule has 0 aromatic heterocycles. The zero-order valence-electron chi connectivity index (χ0n) is 14.2. The Bertz CT molecular complexity index is 788. The van der Waals surface area contributed by atoms with Crippen molar-refractivity contribution in [2.45, 2.75) is 31.5 Å². The highest BCUT2D eigenvalue weighted by Crippen LogP contribution is 2.28. The molecule has 2 aromatic rings. The molecular weight excluding hydrogens is 332 g/mol. The van der Waals surface area contributed by atoms with Crippen molar-refractivity contribution in [1.82, 2.24) is 0 Å². The molecule has 6 nitrogen and oxygen atoms in total. The highest BCUT2D eigenvalue weighted by Gasteiger charge is 2.28. The molecule has 1 saturated heterocycles. The van der Waals surface area contributed by atoms with Crippen molar-refractivity contribution < 1.29 is 19.1 Å². The van der Waals surface area contributed by atoms with Gasteiger partial charge in [-0.3, -0.25) is 9.59 Å². The molecule has 2 aromatic carbocycles. The van der Waals surface area contributed by atoms with Crippen LogP contribution in [0.3, 0.4) is 0 Å². The molecule has 1 fully saturated rings. The molecule has 2 amide bonds. The Balaban J connectivity index is 1.33. The van der Waals surface area contributed by atoms with Crippen LogP contribution in [-0.4, -0.2) is 30.6 Å². The lowest BCUT2D eigenvalue weighted by molar-refractivity contribution is -0.124. The lowest BCUT2D eigenvalue weighted by Gasteiger charge is -2.13. The maximum absolute atomic E-state index is 12.4. The standard InChI is InChI=1S/C20H20N2O4/c23-19(17-6-3-11-25-17)21-14-7-9-15(10-8-14)22-20(24)18-12-13-4-1-2-5-16(13)26-18/h1-2,4-5,7-10,17-18H,3,6,11-12H2,(H,21,23)(H,22,24)/t17-,18+/m1/s1. The van der Waals surface area contributed by atoms with E-state index in [2.05, 4.69) is 10.6 Å². The van der Waals surface area contributed by atoms with E-state index in [4.69, 9.17) is 9.47 Å². The molecule has 0 spiro atoms. The normalized spacial score (nSPS) is 20.9. The molecule has 2 heterocycles. The minimum Gasteiger partial charge on any atom is -0.480 e. The lowest BCUT2D eigenvalue weighted by Crippen LogP contribution is -2.31. The minimum atomic E-state index is -0.522. The Morgan fingerprint density at radius 2 is 1.54 bits per heavy atom. The maximum Gasteiger partial charge on any atom is 0.265 e. The molecule has 0 radical (unpaired) electrons. The highest BCUT2D eigenvalue weighted by molar-refractivity contribution is 5.96. The summed E-state index contributed by atoms with van der Waals surface area (Å²) in [6.07, 6.45) is 1.35. The van der Waals surface area contributed by atoms with Crippen LogP contribution in [0.1, 0.15) is 18.4 Å². The van der Waals surface area contributed by atoms with Crippen LogP contribution in [0.15, 0.2) is 48.5 Å². The Morgan fingerprint density at radius 1 is 0.885 bits per heavy atom. The van der Waals surface area contributed by atoms with E-state index in [-0.39, 0.29) is 17.9 Å². The van der Waals surface area contributed by atoms with Crippen molar-refractivity contribution in [1.29, 1.82) is 0 Å². The molecule has 2 aliphatic rings. The smallest absolute Gasteiger partial charge is 0.265 e. The van der Waals surface area contributed by atoms with Gasteiger partial charge >= 0.3 is 0 Å². The highest BCUT2D eigenvalue weighted by atomic mass is 16.5. The van der Waals surface area contributed by atoms with E-state index in [9.17, 15) is 9.59 Å². The lowest BCUT2D eigenvalue weighted by atomic mass is 10.1. The number of para-hydroxylation sites is 1. The van der Waals surface area contributed by atoms with Gasteiger partial charge in [0.1, 0.15) is 11.9 Å². The number of ether oxygens (including phenoxy) is 2. The maximum atomic E-state index is 12.4. The van der Waals surface area contributed by atoms with Crippen molar-refractivity contribution in [2.24, 2.45) is 0 Å². The zero-order valence-corrected chi connectivity index (χ0v) is 14.2. The number of benzene rings is 2. The summed E-state index contributed by atoms with van der Waals surface area (Å²) in [6.45, 7) is 0.635. The third-order valence-electron chi connectivity index (χ3n) is 4.58. The average Bonchev–Trinajstić information content (AvgIpc) is 3.33. The predicted octanol–water partition coefficient (Wildman–Crippen LogP) is 2.75. The molecule has 0 bridgehead atoms. The second kappa shape index (κ2) is 7.17. The van der Waals surface area contributed by atoms with Crippen LogP contribution < -0.4 is 15.4 Å². The fourth-order valence-electron chi connectivity index (χ4n) is 3.20. The van der Waals surface area contributed by atoms with Gasteiger partial charge in [0.05, 0.1) is 0 Å². The van der Waals surface area contributed by atoms with Crippen molar-refractivity contribution in [3.05, 3.63) is 54.1 Å². The van der Waals surface area contributed by atoms with E-state index < -0.39 is 6.10 Å². The first-order chi connectivity index (χ1) is 12.7. The average molecular weight is 352 g/mol. The first kappa shape index (κ1) is 16.6. The largest absolute Gasteiger partial charge is 0.480 e. The number of amides is 2. The van der Waals surface area contributed by atoms with Gasteiger partial charge in [0.15, 0.2) is 6.10 Å². The van der Waals surface area contributed by atoms with Gasteiger partial charge in [-0.25, -0.2) is 0 Å². The van der Waals surface area contributed by atoms with E-state index in [1.165, 1.54) is 0 Å². The Morgan fingerprint density at radius 3 is 2.15 bits per heavy atom. The number of rotatable bonds is 4. The van der Waals surface area contributed by atoms with Gasteiger partial charge in [0.25, 0.3) is 11.8 Å². The molecule has 26 heavy (non-hydrogen) atoms. The topological polar surface area (TPSA) is 76.7 Å². The van der Waals surface area contributed by atoms with E-state index in [1.807, 2.05) is 24.3 Å². The quantitative estimate of drug-likeness (QED) is 0.887. The third kappa shape index (κ3) is 3.55. The SMILES string of the molecule is O=C(Nc1ccc(NC(=O)[C@H]2CCCO2)cc1)[C@@H]1Cc2ccccc2O1. The zero-order chi connectivity index (χ0) is 17.9. The summed E-state index contributed by atoms with van der Waals surface area (Å²) >= 11 is 0. The second-order valence-corrected chi connectivity index (χ2v) is 6.48. The van der Waals surface area contributed by atoms with Crippen LogP contribution in [0, 0.1) is 0 Å². The van der Waals surface area contributed by atoms with Gasteiger partial charge in [0, 0.05) is 24.4 Å². The molecule has 134 valence electrons. The number of hydrogen-bond donors (Lipinski definition) is 2. The van der Waals surface area contributed by atoms with E-state index in [0.29, 0.717) is 24.4 Å². The van der Waals surface area contributed by atoms with E-state index >= 15 is 0 Å². The molecule has 2 aliphatic heterocycles. The molecule has 2 atom stereocenters. The summed E-state index contributed by atoms with van der Waals surface area (Å²) < 4.78 is 11.1. The number of fused-ring (bicyclic) bond motifs is 1. The van der Waals surface area contributed by atoms with Crippen molar-refractivity contribution in [2.75, 3.05) is 17.2 Å². The van der Waals surface area contributed by atoms with E-state index in [1.54, 1.807) is 24.3 Å². The molecule has 0 saturated carbocycles. The van der Waals surface area contributed by atoms with Gasteiger partial charge in [-0.05, 0) is 48.7 Å². The van der Waals surface area contributed by atoms with Crippen molar-refractivity contribution in [3.8, 4) is 5.75 Å². The summed E-state index contributed by atoms with van der Waals surface area (Å²) in [7, 11) is 0. The molecule has 0 aliphatic carbocycles. The Labute approximate surface area is 151 Å². The van der Waals surface area contributed by atoms with Crippen molar-refractivity contribution in [3.63, 3.8) is 0 Å². The number of hydrogen-bond acceptors (Lipinski definition) is 4.